The van der Waals surface area contributed by atoms with Gasteiger partial charge in [0.1, 0.15) is 11.5 Å². The highest BCUT2D eigenvalue weighted by atomic mass is 35.5. The van der Waals surface area contributed by atoms with Crippen LogP contribution in [0.15, 0.2) is 36.4 Å². The van der Waals surface area contributed by atoms with Crippen LogP contribution in [0.3, 0.4) is 0 Å². The van der Waals surface area contributed by atoms with Gasteiger partial charge in [-0.15, -0.1) is 11.3 Å². The number of alkyl halides is 3. The molecule has 0 bridgehead atoms. The third kappa shape index (κ3) is 5.53. The molecular weight excluding hydrogens is 572 g/mol. The number of thiophene rings is 1. The summed E-state index contributed by atoms with van der Waals surface area (Å²) in [6, 6.07) is 8.56. The van der Waals surface area contributed by atoms with E-state index in [1.165, 1.54) is 41.5 Å². The van der Waals surface area contributed by atoms with Gasteiger partial charge in [-0.25, -0.2) is 17.1 Å². The molecule has 1 fully saturated rings. The molecule has 2 atom stereocenters. The van der Waals surface area contributed by atoms with Gasteiger partial charge in [0.25, 0.3) is 5.91 Å². The Morgan fingerprint density at radius 3 is 2.47 bits per heavy atom. The highest BCUT2D eigenvalue weighted by Crippen LogP contribution is 2.48. The number of rotatable bonds is 7. The van der Waals surface area contributed by atoms with Gasteiger partial charge >= 0.3 is 6.18 Å². The average Bonchev–Trinajstić information content (AvgIpc) is 3.54. The smallest absolute Gasteiger partial charge is 0.393 e. The van der Waals surface area contributed by atoms with Crippen LogP contribution in [0, 0.1) is 11.7 Å². The second-order valence-corrected chi connectivity index (χ2v) is 12.6. The highest BCUT2D eigenvalue weighted by Gasteiger charge is 2.54. The molecule has 2 aromatic heterocycles. The zero-order valence-corrected chi connectivity index (χ0v) is 22.8. The van der Waals surface area contributed by atoms with Crippen LogP contribution in [0.5, 0.6) is 5.75 Å². The van der Waals surface area contributed by atoms with Crippen LogP contribution in [0.1, 0.15) is 26.8 Å². The summed E-state index contributed by atoms with van der Waals surface area (Å²) in [5.74, 6) is -5.51. The zero-order valence-electron chi connectivity index (χ0n) is 20.4. The van der Waals surface area contributed by atoms with Crippen molar-refractivity contribution >= 4 is 44.7 Å². The van der Waals surface area contributed by atoms with Crippen molar-refractivity contribution in [1.82, 2.24) is 14.1 Å². The Labute approximate surface area is 225 Å². The van der Waals surface area contributed by atoms with Crippen LogP contribution >= 0.6 is 22.9 Å². The van der Waals surface area contributed by atoms with Gasteiger partial charge in [-0.05, 0) is 24.3 Å². The predicted molar refractivity (Wildman–Crippen MR) is 135 cm³/mol. The first-order valence-electron chi connectivity index (χ1n) is 11.2. The number of anilines is 1. The maximum absolute atomic E-state index is 14.6. The third-order valence-corrected chi connectivity index (χ3v) is 8.71. The predicted octanol–water partition coefficient (Wildman–Crippen LogP) is 4.61. The van der Waals surface area contributed by atoms with Crippen molar-refractivity contribution in [3.63, 3.8) is 0 Å². The summed E-state index contributed by atoms with van der Waals surface area (Å²) in [5.41, 5.74) is -0.605. The van der Waals surface area contributed by atoms with Crippen molar-refractivity contribution in [3.8, 4) is 5.75 Å². The van der Waals surface area contributed by atoms with Gasteiger partial charge in [0.05, 0.1) is 35.7 Å². The first-order valence-corrected chi connectivity index (χ1v) is 14.2. The van der Waals surface area contributed by atoms with Crippen molar-refractivity contribution in [2.24, 2.45) is 5.92 Å². The molecule has 0 aliphatic carbocycles. The number of hydrogen-bond acceptors (Lipinski definition) is 7. The van der Waals surface area contributed by atoms with E-state index in [4.69, 9.17) is 16.3 Å². The molecule has 1 aliphatic heterocycles. The van der Waals surface area contributed by atoms with E-state index < -0.39 is 52.8 Å². The molecule has 206 valence electrons. The average molecular weight is 595 g/mol. The molecule has 2 unspecified atom stereocenters. The fraction of sp³-hybridized carbons (Fsp3) is 0.391. The lowest BCUT2D eigenvalue weighted by atomic mass is 9.92. The van der Waals surface area contributed by atoms with E-state index in [2.05, 4.69) is 5.10 Å². The van der Waals surface area contributed by atoms with E-state index in [1.54, 1.807) is 19.2 Å². The Morgan fingerprint density at radius 1 is 1.24 bits per heavy atom. The highest BCUT2D eigenvalue weighted by molar-refractivity contribution is 7.88. The molecule has 0 radical (unpaired) electrons. The van der Waals surface area contributed by atoms with E-state index >= 15 is 0 Å². The Morgan fingerprint density at radius 2 is 1.92 bits per heavy atom. The number of carbonyl (C=O) groups excluding carboxylic acids is 1. The largest absolute Gasteiger partial charge is 0.491 e. The molecule has 38 heavy (non-hydrogen) atoms. The van der Waals surface area contributed by atoms with Crippen molar-refractivity contribution in [2.45, 2.75) is 18.6 Å². The Hall–Kier alpha value is -2.68. The van der Waals surface area contributed by atoms with Crippen LogP contribution in [0.25, 0.3) is 0 Å². The summed E-state index contributed by atoms with van der Waals surface area (Å²) in [6.07, 6.45) is -3.94. The fourth-order valence-electron chi connectivity index (χ4n) is 4.47. The van der Waals surface area contributed by atoms with Gasteiger partial charge in [0.15, 0.2) is 11.6 Å². The number of ether oxygens (including phenoxy) is 1. The van der Waals surface area contributed by atoms with Gasteiger partial charge in [-0.3, -0.25) is 4.79 Å². The summed E-state index contributed by atoms with van der Waals surface area (Å²) in [5, 5.41) is 4.22. The lowest BCUT2D eigenvalue weighted by Crippen LogP contribution is -2.31. The molecule has 15 heteroatoms. The second-order valence-electron chi connectivity index (χ2n) is 8.84. The number of sulfonamides is 1. The van der Waals surface area contributed by atoms with Gasteiger partial charge in [0, 0.05) is 30.9 Å². The molecule has 3 aromatic rings. The van der Waals surface area contributed by atoms with E-state index in [9.17, 15) is 30.8 Å². The molecule has 0 amide bonds. The number of methoxy groups -OCH3 is 1. The fourth-order valence-corrected chi connectivity index (χ4v) is 6.47. The van der Waals surface area contributed by atoms with Crippen LogP contribution < -0.4 is 9.64 Å². The summed E-state index contributed by atoms with van der Waals surface area (Å²) < 4.78 is 88.7. The minimum atomic E-state index is -4.77. The number of halogens is 5. The topological polar surface area (TPSA) is 84.7 Å². The molecular formula is C23H23ClF4N4O4S2. The maximum Gasteiger partial charge on any atom is 0.393 e. The van der Waals surface area contributed by atoms with Crippen LogP contribution in [0.4, 0.5) is 23.4 Å². The standard InChI is InChI=1S/C23H23ClF4N4O4S2/c1-30(10-13-8-9-18(24)37-13)21-20(36-2)19(29-32(21)22(33)14-6-4-5-7-17(14)25)15-11-31(38(3,34)35)12-16(15)23(26,27)28/h4-9,15-16H,10-12H2,1-3H3. The zero-order chi connectivity index (χ0) is 28.0. The second kappa shape index (κ2) is 10.5. The summed E-state index contributed by atoms with van der Waals surface area (Å²) in [4.78, 5) is 15.8. The van der Waals surface area contributed by atoms with E-state index in [0.717, 1.165) is 26.2 Å². The number of carbonyl (C=O) groups is 1. The first-order chi connectivity index (χ1) is 17.7. The number of nitrogens with zero attached hydrogens (tertiary/aromatic N) is 4. The van der Waals surface area contributed by atoms with E-state index in [1.807, 2.05) is 0 Å². The monoisotopic (exact) mass is 594 g/mol. The summed E-state index contributed by atoms with van der Waals surface area (Å²) >= 11 is 7.29. The van der Waals surface area contributed by atoms with Crippen LogP contribution in [0.2, 0.25) is 4.34 Å². The molecule has 1 aliphatic rings. The Bertz CT molecular complexity index is 1460. The SMILES string of the molecule is COc1c(C2CN(S(C)(=O)=O)CC2C(F)(F)F)nn(C(=O)c2ccccc2F)c1N(C)Cc1ccc(Cl)s1. The minimum Gasteiger partial charge on any atom is -0.491 e. The van der Waals surface area contributed by atoms with Gasteiger partial charge < -0.3 is 9.64 Å². The first kappa shape index (κ1) is 28.3. The van der Waals surface area contributed by atoms with Crippen LogP contribution in [-0.2, 0) is 16.6 Å². The van der Waals surface area contributed by atoms with Gasteiger partial charge in [-0.2, -0.15) is 23.0 Å². The minimum absolute atomic E-state index is 0.0148. The normalized spacial score (nSPS) is 18.6. The lowest BCUT2D eigenvalue weighted by molar-refractivity contribution is -0.173. The Balaban J connectivity index is 1.89. The molecule has 1 saturated heterocycles. The molecule has 0 spiro atoms. The summed E-state index contributed by atoms with van der Waals surface area (Å²) in [7, 11) is -1.18. The third-order valence-electron chi connectivity index (χ3n) is 6.26. The quantitative estimate of drug-likeness (QED) is 0.372. The van der Waals surface area contributed by atoms with E-state index in [-0.39, 0.29) is 29.4 Å². The number of aromatic nitrogens is 2. The molecule has 8 nitrogen and oxygen atoms in total. The van der Waals surface area contributed by atoms with Crippen molar-refractivity contribution in [2.75, 3.05) is 38.4 Å². The Kier molecular flexibility index (Phi) is 7.81. The molecule has 0 saturated carbocycles. The summed E-state index contributed by atoms with van der Waals surface area (Å²) in [6.45, 7) is -1.15. The number of hydrogen-bond donors (Lipinski definition) is 0. The molecule has 0 N–H and O–H groups in total. The van der Waals surface area contributed by atoms with Crippen molar-refractivity contribution < 1.29 is 35.5 Å². The number of benzene rings is 1. The molecule has 1 aromatic carbocycles. The van der Waals surface area contributed by atoms with Gasteiger partial charge in [-0.1, -0.05) is 23.7 Å². The maximum atomic E-state index is 14.6. The van der Waals surface area contributed by atoms with Crippen LogP contribution in [-0.4, -0.2) is 68.1 Å². The molecule has 3 heterocycles. The van der Waals surface area contributed by atoms with Gasteiger partial charge in [0.2, 0.25) is 10.0 Å². The van der Waals surface area contributed by atoms with Crippen molar-refractivity contribution in [3.05, 3.63) is 62.7 Å². The van der Waals surface area contributed by atoms with E-state index in [0.29, 0.717) is 4.34 Å². The van der Waals surface area contributed by atoms with Crippen molar-refractivity contribution in [1.29, 1.82) is 0 Å². The molecule has 4 rings (SSSR count). The lowest BCUT2D eigenvalue weighted by Gasteiger charge is -2.22.